The Morgan fingerprint density at radius 1 is 1.47 bits per heavy atom. The molecule has 0 aliphatic carbocycles. The largest absolute Gasteiger partial charge is 0.478 e. The van der Waals surface area contributed by atoms with Crippen LogP contribution in [0.25, 0.3) is 0 Å². The van der Waals surface area contributed by atoms with Crippen LogP contribution in [0.15, 0.2) is 0 Å². The molecule has 0 aliphatic heterocycles. The van der Waals surface area contributed by atoms with Crippen LogP contribution in [0.5, 0.6) is 0 Å². The van der Waals surface area contributed by atoms with Crippen LogP contribution in [-0.4, -0.2) is 42.1 Å². The number of carbonyl (C=O) groups is 2. The van der Waals surface area contributed by atoms with Crippen LogP contribution in [-0.2, 0) is 19.1 Å². The maximum absolute atomic E-state index is 11.3. The Morgan fingerprint density at radius 3 is 2.47 bits per heavy atom. The Bertz CT molecular complexity index is 219. The first-order valence-corrected chi connectivity index (χ1v) is 5.28. The summed E-state index contributed by atoms with van der Waals surface area (Å²) < 4.78 is 9.65. The minimum absolute atomic E-state index is 0.128. The third-order valence-corrected chi connectivity index (χ3v) is 2.23. The Morgan fingerprint density at radius 2 is 2.07 bits per heavy atom. The zero-order chi connectivity index (χ0) is 11.8. The van der Waals surface area contributed by atoms with Gasteiger partial charge in [-0.15, -0.1) is 0 Å². The molecular weight excluding hydrogens is 220 g/mol. The molecule has 6 heteroatoms. The summed E-state index contributed by atoms with van der Waals surface area (Å²) >= 11 is 3.92. The fourth-order valence-corrected chi connectivity index (χ4v) is 0.861. The van der Waals surface area contributed by atoms with Crippen molar-refractivity contribution in [2.45, 2.75) is 20.0 Å². The van der Waals surface area contributed by atoms with Crippen molar-refractivity contribution in [3.8, 4) is 0 Å². The van der Waals surface area contributed by atoms with E-state index in [-0.39, 0.29) is 6.61 Å². The fraction of sp³-hybridized carbons (Fsp3) is 0.778. The summed E-state index contributed by atoms with van der Waals surface area (Å²) in [6.45, 7) is 3.60. The molecule has 1 unspecified atom stereocenters. The maximum Gasteiger partial charge on any atom is 0.347 e. The van der Waals surface area contributed by atoms with Crippen molar-refractivity contribution in [2.24, 2.45) is 5.92 Å². The normalized spacial score (nSPS) is 14.3. The summed E-state index contributed by atoms with van der Waals surface area (Å²) in [6, 6.07) is 0. The number of ether oxygens (including phenoxy) is 2. The lowest BCUT2D eigenvalue weighted by Gasteiger charge is -2.15. The zero-order valence-electron chi connectivity index (χ0n) is 8.80. The first kappa shape index (κ1) is 14.2. The molecule has 1 N–H and O–H groups in total. The molecule has 0 fully saturated rings. The Labute approximate surface area is 94.2 Å². The van der Waals surface area contributed by atoms with E-state index in [0.717, 1.165) is 0 Å². The van der Waals surface area contributed by atoms with E-state index in [0.29, 0.717) is 12.4 Å². The summed E-state index contributed by atoms with van der Waals surface area (Å²) in [7, 11) is 0. The second-order valence-corrected chi connectivity index (χ2v) is 3.37. The molecule has 88 valence electrons. The summed E-state index contributed by atoms with van der Waals surface area (Å²) in [4.78, 5) is 21.9. The molecule has 5 nitrogen and oxygen atoms in total. The summed E-state index contributed by atoms with van der Waals surface area (Å²) in [5.74, 6) is -1.88. The highest BCUT2D eigenvalue weighted by atomic mass is 32.1. The average Bonchev–Trinajstić information content (AvgIpc) is 2.22. The number of thiol groups is 1. The van der Waals surface area contributed by atoms with Gasteiger partial charge in [-0.25, -0.2) is 4.79 Å². The van der Waals surface area contributed by atoms with Crippen LogP contribution in [0.4, 0.5) is 0 Å². The van der Waals surface area contributed by atoms with E-state index < -0.39 is 24.0 Å². The molecule has 0 bridgehead atoms. The van der Waals surface area contributed by atoms with Gasteiger partial charge in [0.25, 0.3) is 0 Å². The van der Waals surface area contributed by atoms with Crippen molar-refractivity contribution in [1.82, 2.24) is 0 Å². The van der Waals surface area contributed by atoms with Gasteiger partial charge in [0.1, 0.15) is 0 Å². The van der Waals surface area contributed by atoms with Gasteiger partial charge in [-0.1, -0.05) is 6.92 Å². The van der Waals surface area contributed by atoms with Gasteiger partial charge in [0.15, 0.2) is 0 Å². The topological polar surface area (TPSA) is 72.8 Å². The van der Waals surface area contributed by atoms with Gasteiger partial charge in [0, 0.05) is 12.4 Å². The molecule has 0 saturated heterocycles. The summed E-state index contributed by atoms with van der Waals surface area (Å²) in [6.07, 6.45) is -1.24. The van der Waals surface area contributed by atoms with E-state index in [9.17, 15) is 9.59 Å². The van der Waals surface area contributed by atoms with E-state index in [1.54, 1.807) is 13.8 Å². The molecule has 0 spiro atoms. The molecular formula is C9H16O5S. The van der Waals surface area contributed by atoms with E-state index >= 15 is 0 Å². The van der Waals surface area contributed by atoms with Crippen molar-refractivity contribution in [2.75, 3.05) is 19.0 Å². The lowest BCUT2D eigenvalue weighted by Crippen LogP contribution is -2.33. The van der Waals surface area contributed by atoms with Crippen LogP contribution < -0.4 is 0 Å². The van der Waals surface area contributed by atoms with E-state index in [1.807, 2.05) is 0 Å². The second-order valence-electron chi connectivity index (χ2n) is 3.01. The van der Waals surface area contributed by atoms with E-state index in [1.165, 1.54) is 0 Å². The molecule has 0 amide bonds. The van der Waals surface area contributed by atoms with Gasteiger partial charge in [-0.05, 0) is 6.92 Å². The number of carboxylic acids is 1. The van der Waals surface area contributed by atoms with Gasteiger partial charge in [0.05, 0.1) is 12.5 Å². The minimum Gasteiger partial charge on any atom is -0.478 e. The highest BCUT2D eigenvalue weighted by Gasteiger charge is 2.24. The third kappa shape index (κ3) is 5.64. The quantitative estimate of drug-likeness (QED) is 0.500. The Hall–Kier alpha value is -0.750. The fourth-order valence-electron chi connectivity index (χ4n) is 0.712. The van der Waals surface area contributed by atoms with Crippen LogP contribution in [0.1, 0.15) is 13.8 Å². The molecule has 0 saturated carbocycles. The molecule has 2 atom stereocenters. The molecule has 0 heterocycles. The lowest BCUT2D eigenvalue weighted by molar-refractivity contribution is -0.170. The first-order chi connectivity index (χ1) is 7.02. The van der Waals surface area contributed by atoms with Crippen molar-refractivity contribution < 1.29 is 24.2 Å². The lowest BCUT2D eigenvalue weighted by atomic mass is 10.2. The second kappa shape index (κ2) is 7.53. The third-order valence-electron chi connectivity index (χ3n) is 1.68. The SMILES string of the molecule is CCOCC(OC(=O)[C@H](C)CS)C(=O)O. The van der Waals surface area contributed by atoms with Crippen LogP contribution in [0, 0.1) is 5.92 Å². The standard InChI is InChI=1S/C9H16O5S/c1-3-13-4-7(8(10)11)14-9(12)6(2)5-15/h6-7,15H,3-5H2,1-2H3,(H,10,11)/t6-,7?/m1/s1. The van der Waals surface area contributed by atoms with Crippen molar-refractivity contribution in [3.63, 3.8) is 0 Å². The number of aliphatic carboxylic acids is 1. The van der Waals surface area contributed by atoms with Crippen molar-refractivity contribution >= 4 is 24.6 Å². The minimum atomic E-state index is -1.24. The van der Waals surface area contributed by atoms with Crippen LogP contribution >= 0.6 is 12.6 Å². The van der Waals surface area contributed by atoms with Crippen LogP contribution in [0.3, 0.4) is 0 Å². The van der Waals surface area contributed by atoms with E-state index in [4.69, 9.17) is 14.6 Å². The predicted octanol–water partition coefficient (Wildman–Crippen LogP) is 0.585. The molecule has 0 aromatic carbocycles. The predicted molar refractivity (Wildman–Crippen MR) is 57.0 cm³/mol. The van der Waals surface area contributed by atoms with Gasteiger partial charge in [-0.2, -0.15) is 12.6 Å². The number of carboxylic acid groups (broad SMARTS) is 1. The van der Waals surface area contributed by atoms with Gasteiger partial charge in [0.2, 0.25) is 6.10 Å². The molecule has 0 rings (SSSR count). The zero-order valence-corrected chi connectivity index (χ0v) is 9.70. The Kier molecular flexibility index (Phi) is 7.15. The van der Waals surface area contributed by atoms with Gasteiger partial charge >= 0.3 is 11.9 Å². The summed E-state index contributed by atoms with van der Waals surface area (Å²) in [5.41, 5.74) is 0. The highest BCUT2D eigenvalue weighted by Crippen LogP contribution is 2.04. The van der Waals surface area contributed by atoms with Gasteiger partial charge in [-0.3, -0.25) is 4.79 Å². The van der Waals surface area contributed by atoms with Gasteiger partial charge < -0.3 is 14.6 Å². The molecule has 0 aliphatic rings. The number of rotatable bonds is 7. The molecule has 0 aromatic heterocycles. The van der Waals surface area contributed by atoms with E-state index in [2.05, 4.69) is 12.6 Å². The summed E-state index contributed by atoms with van der Waals surface area (Å²) in [5, 5.41) is 8.73. The Balaban J connectivity index is 4.16. The van der Waals surface area contributed by atoms with Crippen molar-refractivity contribution in [1.29, 1.82) is 0 Å². The number of hydrogen-bond acceptors (Lipinski definition) is 5. The smallest absolute Gasteiger partial charge is 0.347 e. The first-order valence-electron chi connectivity index (χ1n) is 4.64. The molecule has 0 radical (unpaired) electrons. The van der Waals surface area contributed by atoms with Crippen LogP contribution in [0.2, 0.25) is 0 Å². The molecule has 0 aromatic rings. The maximum atomic E-state index is 11.3. The highest BCUT2D eigenvalue weighted by molar-refractivity contribution is 7.80. The number of carbonyl (C=O) groups excluding carboxylic acids is 1. The monoisotopic (exact) mass is 236 g/mol. The molecule has 15 heavy (non-hydrogen) atoms. The van der Waals surface area contributed by atoms with Crippen molar-refractivity contribution in [3.05, 3.63) is 0 Å². The average molecular weight is 236 g/mol. The number of hydrogen-bond donors (Lipinski definition) is 2. The number of esters is 1.